The Morgan fingerprint density at radius 2 is 2.00 bits per heavy atom. The number of aromatic nitrogens is 3. The van der Waals surface area contributed by atoms with Gasteiger partial charge in [0, 0.05) is 19.3 Å². The maximum absolute atomic E-state index is 12.2. The molecule has 0 amide bonds. The maximum atomic E-state index is 12.2. The second-order valence-electron chi connectivity index (χ2n) is 6.50. The van der Waals surface area contributed by atoms with Crippen LogP contribution in [0.15, 0.2) is 30.5 Å². The third-order valence-electron chi connectivity index (χ3n) is 4.55. The van der Waals surface area contributed by atoms with E-state index < -0.39 is 15.6 Å². The highest BCUT2D eigenvalue weighted by Gasteiger charge is 2.48. The first-order valence-electron chi connectivity index (χ1n) is 7.70. The van der Waals surface area contributed by atoms with Crippen LogP contribution in [0.2, 0.25) is 0 Å². The summed E-state index contributed by atoms with van der Waals surface area (Å²) >= 11 is 0. The van der Waals surface area contributed by atoms with Crippen LogP contribution in [0.5, 0.6) is 0 Å². The van der Waals surface area contributed by atoms with Gasteiger partial charge in [0.15, 0.2) is 0 Å². The molecule has 1 atom stereocenters. The molecule has 3 rings (SSSR count). The van der Waals surface area contributed by atoms with E-state index in [1.54, 1.807) is 26.2 Å². The number of aryl methyl sites for hydroxylation is 1. The van der Waals surface area contributed by atoms with Crippen molar-refractivity contribution in [3.63, 3.8) is 0 Å². The lowest BCUT2D eigenvalue weighted by Crippen LogP contribution is -2.47. The van der Waals surface area contributed by atoms with Gasteiger partial charge in [0.25, 0.3) is 0 Å². The van der Waals surface area contributed by atoms with Gasteiger partial charge in [-0.25, -0.2) is 18.4 Å². The van der Waals surface area contributed by atoms with E-state index in [1.165, 1.54) is 4.31 Å². The number of pyridine rings is 1. The molecule has 128 valence electrons. The zero-order chi connectivity index (χ0) is 17.5. The summed E-state index contributed by atoms with van der Waals surface area (Å²) in [7, 11) is -1.65. The van der Waals surface area contributed by atoms with E-state index in [-0.39, 0.29) is 11.8 Å². The van der Waals surface area contributed by atoms with E-state index in [0.29, 0.717) is 17.3 Å². The van der Waals surface area contributed by atoms with Crippen molar-refractivity contribution < 1.29 is 8.42 Å². The normalized spacial score (nSPS) is 22.4. The van der Waals surface area contributed by atoms with Crippen molar-refractivity contribution in [3.8, 4) is 11.4 Å². The number of rotatable bonds is 3. The molecule has 2 aromatic heterocycles. The third kappa shape index (κ3) is 2.99. The Kier molecular flexibility index (Phi) is 4.05. The standard InChI is InChI=1S/C16H21N5O2S/c1-11-18-13(12-7-5-6-8-17-12)9-15(19-11)20-14-10-24(22,23)21(4)16(14,2)3/h5-9,14H,10H2,1-4H3,(H,18,19,20). The van der Waals surface area contributed by atoms with Gasteiger partial charge in [-0.15, -0.1) is 0 Å². The first kappa shape index (κ1) is 16.8. The molecule has 1 aliphatic heterocycles. The maximum Gasteiger partial charge on any atom is 0.216 e. The van der Waals surface area contributed by atoms with E-state index in [9.17, 15) is 8.42 Å². The molecule has 3 heterocycles. The summed E-state index contributed by atoms with van der Waals surface area (Å²) in [6.07, 6.45) is 1.71. The average Bonchev–Trinajstić information content (AvgIpc) is 2.67. The molecule has 0 aromatic carbocycles. The van der Waals surface area contributed by atoms with E-state index in [4.69, 9.17) is 0 Å². The van der Waals surface area contributed by atoms with E-state index in [1.807, 2.05) is 32.0 Å². The van der Waals surface area contributed by atoms with Gasteiger partial charge in [0.2, 0.25) is 10.0 Å². The van der Waals surface area contributed by atoms with Crippen molar-refractivity contribution >= 4 is 15.8 Å². The number of likely N-dealkylation sites (N-methyl/N-ethyl adjacent to an activating group) is 1. The highest BCUT2D eigenvalue weighted by atomic mass is 32.2. The van der Waals surface area contributed by atoms with Crippen LogP contribution in [-0.4, -0.2) is 52.1 Å². The van der Waals surface area contributed by atoms with Gasteiger partial charge in [-0.2, -0.15) is 4.31 Å². The summed E-state index contributed by atoms with van der Waals surface area (Å²) in [4.78, 5) is 13.1. The average molecular weight is 347 g/mol. The monoisotopic (exact) mass is 347 g/mol. The molecule has 1 aliphatic rings. The summed E-state index contributed by atoms with van der Waals surface area (Å²) in [6.45, 7) is 5.62. The Labute approximate surface area is 142 Å². The van der Waals surface area contributed by atoms with Crippen molar-refractivity contribution in [2.24, 2.45) is 0 Å². The van der Waals surface area contributed by atoms with Crippen molar-refractivity contribution in [1.29, 1.82) is 0 Å². The minimum atomic E-state index is -3.26. The quantitative estimate of drug-likeness (QED) is 0.909. The molecule has 24 heavy (non-hydrogen) atoms. The third-order valence-corrected chi connectivity index (χ3v) is 6.61. The fourth-order valence-electron chi connectivity index (χ4n) is 2.79. The van der Waals surface area contributed by atoms with Gasteiger partial charge in [0.1, 0.15) is 11.6 Å². The number of hydrogen-bond donors (Lipinski definition) is 1. The Morgan fingerprint density at radius 1 is 1.25 bits per heavy atom. The first-order valence-corrected chi connectivity index (χ1v) is 9.31. The van der Waals surface area contributed by atoms with E-state index in [2.05, 4.69) is 20.3 Å². The SMILES string of the molecule is Cc1nc(NC2CS(=O)(=O)N(C)C2(C)C)cc(-c2ccccn2)n1. The van der Waals surface area contributed by atoms with Crippen molar-refractivity contribution in [3.05, 3.63) is 36.3 Å². The lowest BCUT2D eigenvalue weighted by molar-refractivity contribution is 0.271. The van der Waals surface area contributed by atoms with Crippen LogP contribution in [0.1, 0.15) is 19.7 Å². The predicted molar refractivity (Wildman–Crippen MR) is 93.0 cm³/mol. The molecule has 7 nitrogen and oxygen atoms in total. The smallest absolute Gasteiger partial charge is 0.216 e. The molecular formula is C16H21N5O2S. The van der Waals surface area contributed by atoms with Crippen molar-refractivity contribution in [1.82, 2.24) is 19.3 Å². The summed E-state index contributed by atoms with van der Waals surface area (Å²) in [6, 6.07) is 7.16. The van der Waals surface area contributed by atoms with Crippen molar-refractivity contribution in [2.45, 2.75) is 32.4 Å². The Bertz CT molecular complexity index is 852. The fraction of sp³-hybridized carbons (Fsp3) is 0.438. The Morgan fingerprint density at radius 3 is 2.58 bits per heavy atom. The molecule has 2 aromatic rings. The van der Waals surface area contributed by atoms with Gasteiger partial charge >= 0.3 is 0 Å². The fourth-order valence-corrected chi connectivity index (χ4v) is 4.77. The minimum absolute atomic E-state index is 0.0401. The molecule has 0 saturated carbocycles. The van der Waals surface area contributed by atoms with Gasteiger partial charge < -0.3 is 5.32 Å². The van der Waals surface area contributed by atoms with Crippen LogP contribution in [0, 0.1) is 6.92 Å². The highest BCUT2D eigenvalue weighted by molar-refractivity contribution is 7.89. The van der Waals surface area contributed by atoms with Gasteiger partial charge in [-0.05, 0) is 32.9 Å². The number of hydrogen-bond acceptors (Lipinski definition) is 6. The first-order chi connectivity index (χ1) is 11.2. The second kappa shape index (κ2) is 5.78. The summed E-state index contributed by atoms with van der Waals surface area (Å²) in [5.41, 5.74) is 0.919. The van der Waals surface area contributed by atoms with Crippen LogP contribution in [-0.2, 0) is 10.0 Å². The predicted octanol–water partition coefficient (Wildman–Crippen LogP) is 1.68. The zero-order valence-corrected chi connectivity index (χ0v) is 15.0. The molecule has 1 saturated heterocycles. The van der Waals surface area contributed by atoms with Crippen molar-refractivity contribution in [2.75, 3.05) is 18.1 Å². The summed E-state index contributed by atoms with van der Waals surface area (Å²) < 4.78 is 25.8. The van der Waals surface area contributed by atoms with Crippen LogP contribution in [0.4, 0.5) is 5.82 Å². The Hall–Kier alpha value is -2.06. The molecule has 0 spiro atoms. The minimum Gasteiger partial charge on any atom is -0.364 e. The molecule has 1 unspecified atom stereocenters. The summed E-state index contributed by atoms with van der Waals surface area (Å²) in [5.74, 6) is 1.25. The largest absolute Gasteiger partial charge is 0.364 e. The summed E-state index contributed by atoms with van der Waals surface area (Å²) in [5, 5.41) is 3.27. The molecule has 8 heteroatoms. The molecule has 0 radical (unpaired) electrons. The van der Waals surface area contributed by atoms with Gasteiger partial charge in [-0.3, -0.25) is 4.98 Å². The lowest BCUT2D eigenvalue weighted by atomic mass is 9.96. The lowest BCUT2D eigenvalue weighted by Gasteiger charge is -2.31. The Balaban J connectivity index is 1.93. The molecule has 0 aliphatic carbocycles. The number of nitrogens with one attached hydrogen (secondary N) is 1. The topological polar surface area (TPSA) is 88.1 Å². The van der Waals surface area contributed by atoms with E-state index >= 15 is 0 Å². The number of anilines is 1. The van der Waals surface area contributed by atoms with Gasteiger partial charge in [0.05, 0.1) is 28.7 Å². The van der Waals surface area contributed by atoms with Gasteiger partial charge in [-0.1, -0.05) is 6.07 Å². The zero-order valence-electron chi connectivity index (χ0n) is 14.2. The molecule has 1 fully saturated rings. The molecular weight excluding hydrogens is 326 g/mol. The van der Waals surface area contributed by atoms with Crippen LogP contribution in [0.25, 0.3) is 11.4 Å². The number of sulfonamides is 1. The van der Waals surface area contributed by atoms with E-state index in [0.717, 1.165) is 5.69 Å². The van der Waals surface area contributed by atoms with Crippen LogP contribution in [0.3, 0.4) is 0 Å². The number of nitrogens with zero attached hydrogens (tertiary/aromatic N) is 4. The highest BCUT2D eigenvalue weighted by Crippen LogP contribution is 2.32. The van der Waals surface area contributed by atoms with Crippen LogP contribution < -0.4 is 5.32 Å². The second-order valence-corrected chi connectivity index (χ2v) is 8.54. The molecule has 0 bridgehead atoms. The molecule has 1 N–H and O–H groups in total. The van der Waals surface area contributed by atoms with Crippen LogP contribution >= 0.6 is 0 Å².